The van der Waals surface area contributed by atoms with Crippen LogP contribution in [0.3, 0.4) is 0 Å². The van der Waals surface area contributed by atoms with Gasteiger partial charge in [-0.05, 0) is 73.5 Å². The van der Waals surface area contributed by atoms with Gasteiger partial charge in [-0.15, -0.1) is 0 Å². The summed E-state index contributed by atoms with van der Waals surface area (Å²) in [6, 6.07) is 25.6. The summed E-state index contributed by atoms with van der Waals surface area (Å²) in [5, 5.41) is 0. The summed E-state index contributed by atoms with van der Waals surface area (Å²) in [4.78, 5) is 18.2. The van der Waals surface area contributed by atoms with Gasteiger partial charge in [-0.3, -0.25) is 4.99 Å². The Hall–Kier alpha value is -2.47. The van der Waals surface area contributed by atoms with Crippen LogP contribution in [0.5, 0.6) is 0 Å². The zero-order chi connectivity index (χ0) is 22.4. The van der Waals surface area contributed by atoms with Crippen LogP contribution in [-0.2, 0) is 16.0 Å². The molecule has 1 atom stereocenters. The van der Waals surface area contributed by atoms with Gasteiger partial charge in [-0.1, -0.05) is 66.7 Å². The van der Waals surface area contributed by atoms with Crippen molar-refractivity contribution in [1.82, 2.24) is 0 Å². The second-order valence-corrected chi connectivity index (χ2v) is 9.78. The lowest BCUT2D eigenvalue weighted by Crippen LogP contribution is -2.33. The van der Waals surface area contributed by atoms with Gasteiger partial charge in [0, 0.05) is 21.1 Å². The molecule has 4 heteroatoms. The topological polar surface area (TPSA) is 38.7 Å². The molecule has 0 heterocycles. The van der Waals surface area contributed by atoms with Crippen LogP contribution in [0.2, 0.25) is 0 Å². The SMILES string of the molecule is Cc1cc(I)ccc1CC(N=C(c1ccccc1)c1ccccc1)C(=O)OC(C)(C)C. The van der Waals surface area contributed by atoms with Crippen LogP contribution >= 0.6 is 22.6 Å². The molecule has 0 saturated heterocycles. The van der Waals surface area contributed by atoms with Crippen molar-refractivity contribution in [3.8, 4) is 0 Å². The molecular formula is C27H28INO2. The van der Waals surface area contributed by atoms with Gasteiger partial charge in [-0.25, -0.2) is 4.79 Å². The Morgan fingerprint density at radius 3 is 1.97 bits per heavy atom. The second-order valence-electron chi connectivity index (χ2n) is 8.53. The predicted octanol–water partition coefficient (Wildman–Crippen LogP) is 6.39. The minimum Gasteiger partial charge on any atom is -0.458 e. The normalized spacial score (nSPS) is 12.2. The van der Waals surface area contributed by atoms with Crippen LogP contribution in [0.1, 0.15) is 43.0 Å². The van der Waals surface area contributed by atoms with Crippen LogP contribution in [0.25, 0.3) is 0 Å². The molecule has 1 unspecified atom stereocenters. The number of aryl methyl sites for hydroxylation is 1. The van der Waals surface area contributed by atoms with Crippen molar-refractivity contribution < 1.29 is 9.53 Å². The van der Waals surface area contributed by atoms with Gasteiger partial charge in [0.25, 0.3) is 0 Å². The first-order valence-electron chi connectivity index (χ1n) is 10.4. The quantitative estimate of drug-likeness (QED) is 0.213. The Morgan fingerprint density at radius 1 is 0.935 bits per heavy atom. The summed E-state index contributed by atoms with van der Waals surface area (Å²) in [7, 11) is 0. The first-order valence-corrected chi connectivity index (χ1v) is 11.5. The van der Waals surface area contributed by atoms with Crippen molar-refractivity contribution in [3.63, 3.8) is 0 Å². The zero-order valence-corrected chi connectivity index (χ0v) is 20.6. The summed E-state index contributed by atoms with van der Waals surface area (Å²) in [5.74, 6) is -0.310. The lowest BCUT2D eigenvalue weighted by atomic mass is 9.99. The van der Waals surface area contributed by atoms with Crippen molar-refractivity contribution in [2.45, 2.75) is 45.8 Å². The highest BCUT2D eigenvalue weighted by atomic mass is 127. The Kier molecular flexibility index (Phi) is 7.65. The predicted molar refractivity (Wildman–Crippen MR) is 136 cm³/mol. The Morgan fingerprint density at radius 2 is 1.48 bits per heavy atom. The fraction of sp³-hybridized carbons (Fsp3) is 0.259. The van der Waals surface area contributed by atoms with Gasteiger partial charge in [-0.2, -0.15) is 0 Å². The third-order valence-corrected chi connectivity index (χ3v) is 5.45. The first kappa shape index (κ1) is 23.2. The van der Waals surface area contributed by atoms with Gasteiger partial charge >= 0.3 is 5.97 Å². The molecular weight excluding hydrogens is 497 g/mol. The monoisotopic (exact) mass is 525 g/mol. The van der Waals surface area contributed by atoms with Gasteiger partial charge in [0.05, 0.1) is 5.71 Å². The Bertz CT molecular complexity index is 1010. The molecule has 3 nitrogen and oxygen atoms in total. The lowest BCUT2D eigenvalue weighted by molar-refractivity contribution is -0.156. The maximum atomic E-state index is 13.2. The highest BCUT2D eigenvalue weighted by molar-refractivity contribution is 14.1. The summed E-state index contributed by atoms with van der Waals surface area (Å²) in [6.07, 6.45) is 0.487. The molecule has 160 valence electrons. The van der Waals surface area contributed by atoms with Gasteiger partial charge < -0.3 is 4.74 Å². The number of esters is 1. The van der Waals surface area contributed by atoms with Crippen LogP contribution in [0.4, 0.5) is 0 Å². The van der Waals surface area contributed by atoms with E-state index >= 15 is 0 Å². The largest absolute Gasteiger partial charge is 0.458 e. The summed E-state index contributed by atoms with van der Waals surface area (Å²) >= 11 is 2.30. The Balaban J connectivity index is 2.08. The minimum absolute atomic E-state index is 0.310. The highest BCUT2D eigenvalue weighted by Gasteiger charge is 2.26. The third-order valence-electron chi connectivity index (χ3n) is 4.78. The molecule has 3 rings (SSSR count). The van der Waals surface area contributed by atoms with Crippen molar-refractivity contribution in [1.29, 1.82) is 0 Å². The fourth-order valence-corrected chi connectivity index (χ4v) is 3.96. The molecule has 0 fully saturated rings. The number of carbonyl (C=O) groups excluding carboxylic acids is 1. The molecule has 3 aromatic carbocycles. The number of hydrogen-bond donors (Lipinski definition) is 0. The molecule has 0 amide bonds. The number of hydrogen-bond acceptors (Lipinski definition) is 3. The van der Waals surface area contributed by atoms with Crippen LogP contribution in [0, 0.1) is 10.5 Å². The molecule has 0 spiro atoms. The van der Waals surface area contributed by atoms with E-state index in [4.69, 9.17) is 9.73 Å². The van der Waals surface area contributed by atoms with Crippen molar-refractivity contribution in [2.24, 2.45) is 4.99 Å². The number of halogens is 1. The number of aliphatic imine (C=N–C) groups is 1. The molecule has 0 aliphatic heterocycles. The molecule has 0 N–H and O–H groups in total. The van der Waals surface area contributed by atoms with Crippen molar-refractivity contribution in [3.05, 3.63) is 105 Å². The van der Waals surface area contributed by atoms with E-state index in [-0.39, 0.29) is 5.97 Å². The standard InChI is InChI=1S/C27H28INO2/c1-19-17-23(28)16-15-22(19)18-24(26(30)31-27(2,3)4)29-25(20-11-7-5-8-12-20)21-13-9-6-10-14-21/h5-17,24H,18H2,1-4H3. The van der Waals surface area contributed by atoms with E-state index in [1.807, 2.05) is 81.4 Å². The van der Waals surface area contributed by atoms with E-state index in [0.717, 1.165) is 28.0 Å². The summed E-state index contributed by atoms with van der Waals surface area (Å²) in [6.45, 7) is 7.73. The van der Waals surface area contributed by atoms with Crippen LogP contribution < -0.4 is 0 Å². The average Bonchev–Trinajstić information content (AvgIpc) is 2.72. The maximum Gasteiger partial charge on any atom is 0.331 e. The number of ether oxygens (including phenoxy) is 1. The van der Waals surface area contributed by atoms with Crippen LogP contribution in [-0.4, -0.2) is 23.3 Å². The highest BCUT2D eigenvalue weighted by Crippen LogP contribution is 2.20. The molecule has 0 aliphatic rings. The van der Waals surface area contributed by atoms with E-state index in [0.29, 0.717) is 6.42 Å². The lowest BCUT2D eigenvalue weighted by Gasteiger charge is -2.23. The van der Waals surface area contributed by atoms with E-state index < -0.39 is 11.6 Å². The van der Waals surface area contributed by atoms with Crippen molar-refractivity contribution in [2.75, 3.05) is 0 Å². The number of rotatable bonds is 6. The minimum atomic E-state index is -0.645. The van der Waals surface area contributed by atoms with E-state index in [1.54, 1.807) is 0 Å². The number of carbonyl (C=O) groups is 1. The summed E-state index contributed by atoms with van der Waals surface area (Å²) < 4.78 is 6.93. The molecule has 0 bridgehead atoms. The zero-order valence-electron chi connectivity index (χ0n) is 18.4. The summed E-state index contributed by atoms with van der Waals surface area (Å²) in [5.41, 5.74) is 4.41. The first-order chi connectivity index (χ1) is 14.7. The number of nitrogens with zero attached hydrogens (tertiary/aromatic N) is 1. The third kappa shape index (κ3) is 6.76. The Labute approximate surface area is 198 Å². The van der Waals surface area contributed by atoms with E-state index in [9.17, 15) is 4.79 Å². The molecule has 0 radical (unpaired) electrons. The average molecular weight is 525 g/mol. The van der Waals surface area contributed by atoms with Gasteiger partial charge in [0.15, 0.2) is 6.04 Å². The maximum absolute atomic E-state index is 13.2. The fourth-order valence-electron chi connectivity index (χ4n) is 3.31. The molecule has 3 aromatic rings. The van der Waals surface area contributed by atoms with Crippen molar-refractivity contribution >= 4 is 34.3 Å². The smallest absolute Gasteiger partial charge is 0.331 e. The second kappa shape index (κ2) is 10.2. The van der Waals surface area contributed by atoms with Gasteiger partial charge in [0.1, 0.15) is 5.60 Å². The van der Waals surface area contributed by atoms with Crippen LogP contribution in [0.15, 0.2) is 83.9 Å². The van der Waals surface area contributed by atoms with Gasteiger partial charge in [0.2, 0.25) is 0 Å². The van der Waals surface area contributed by atoms with E-state index in [1.165, 1.54) is 3.57 Å². The van der Waals surface area contributed by atoms with E-state index in [2.05, 4.69) is 47.7 Å². The molecule has 0 aliphatic carbocycles. The molecule has 0 aromatic heterocycles. The number of benzene rings is 3. The molecule has 0 saturated carbocycles. The molecule has 31 heavy (non-hydrogen) atoms.